The van der Waals surface area contributed by atoms with E-state index in [-0.39, 0.29) is 11.9 Å². The molecule has 4 rings (SSSR count). The Hall–Kier alpha value is -3.13. The van der Waals surface area contributed by atoms with E-state index in [1.165, 1.54) is 79.2 Å². The standard InChI is InChI=1S/C37H46FN/c1-5-29(25-30-13-9-7-10-14-30)26-31(6-2)27(3)39-28(4)32-17-19-34(20-18-32)37(33-15-11-8-12-16-33)35-21-23-36(38)24-22-35/h5-6,17-24,26,28,30,39H,1,3,7-16,25H2,2,4H3/b29-26+,31-6+. The Balaban J connectivity index is 1.47. The highest BCUT2D eigenvalue weighted by atomic mass is 19.1. The Labute approximate surface area is 236 Å². The Bertz CT molecular complexity index is 1200. The number of nitrogens with one attached hydrogen (secondary N) is 1. The highest BCUT2D eigenvalue weighted by molar-refractivity contribution is 5.82. The van der Waals surface area contributed by atoms with Crippen LogP contribution in [0.15, 0.2) is 102 Å². The monoisotopic (exact) mass is 523 g/mol. The van der Waals surface area contributed by atoms with E-state index < -0.39 is 0 Å². The van der Waals surface area contributed by atoms with Gasteiger partial charge in [0.15, 0.2) is 0 Å². The third-order valence-electron chi connectivity index (χ3n) is 8.55. The second-order valence-corrected chi connectivity index (χ2v) is 11.4. The second-order valence-electron chi connectivity index (χ2n) is 11.4. The summed E-state index contributed by atoms with van der Waals surface area (Å²) in [7, 11) is 0. The summed E-state index contributed by atoms with van der Waals surface area (Å²) in [6.45, 7) is 12.7. The van der Waals surface area contributed by atoms with Crippen LogP contribution in [0.5, 0.6) is 0 Å². The lowest BCUT2D eigenvalue weighted by Gasteiger charge is -2.23. The third-order valence-corrected chi connectivity index (χ3v) is 8.55. The lowest BCUT2D eigenvalue weighted by molar-refractivity contribution is 0.358. The van der Waals surface area contributed by atoms with Crippen LogP contribution in [0.25, 0.3) is 5.57 Å². The second kappa shape index (κ2) is 14.3. The first-order valence-corrected chi connectivity index (χ1v) is 15.0. The smallest absolute Gasteiger partial charge is 0.123 e. The Kier molecular flexibility index (Phi) is 10.6. The van der Waals surface area contributed by atoms with E-state index in [1.807, 2.05) is 18.2 Å². The maximum Gasteiger partial charge on any atom is 0.123 e. The van der Waals surface area contributed by atoms with Gasteiger partial charge in [-0.05, 0) is 97.4 Å². The van der Waals surface area contributed by atoms with Crippen LogP contribution in [0.2, 0.25) is 0 Å². The Morgan fingerprint density at radius 2 is 1.51 bits per heavy atom. The molecule has 39 heavy (non-hydrogen) atoms. The molecule has 2 aromatic rings. The number of hydrogen-bond donors (Lipinski definition) is 1. The van der Waals surface area contributed by atoms with Crippen molar-refractivity contribution in [2.45, 2.75) is 90.5 Å². The molecule has 2 aliphatic carbocycles. The SMILES string of the molecule is C=C/C(=C\C(=C/C)C(=C)NC(C)c1ccc(C(=C2CCCCC2)c2ccc(F)cc2)cc1)CC1CCCCC1. The van der Waals surface area contributed by atoms with Crippen molar-refractivity contribution in [3.8, 4) is 0 Å². The summed E-state index contributed by atoms with van der Waals surface area (Å²) in [4.78, 5) is 0. The predicted molar refractivity (Wildman–Crippen MR) is 166 cm³/mol. The van der Waals surface area contributed by atoms with E-state index in [0.29, 0.717) is 0 Å². The molecule has 0 spiro atoms. The van der Waals surface area contributed by atoms with E-state index in [1.54, 1.807) is 12.1 Å². The molecule has 0 amide bonds. The molecular formula is C37H46FN. The number of benzene rings is 2. The normalized spacial score (nSPS) is 18.0. The molecule has 1 nitrogen and oxygen atoms in total. The number of halogens is 1. The van der Waals surface area contributed by atoms with Crippen LogP contribution in [0.1, 0.15) is 107 Å². The molecule has 0 heterocycles. The van der Waals surface area contributed by atoms with E-state index in [2.05, 4.69) is 68.7 Å². The highest BCUT2D eigenvalue weighted by Crippen LogP contribution is 2.36. The maximum absolute atomic E-state index is 13.7. The molecule has 0 bridgehead atoms. The van der Waals surface area contributed by atoms with Crippen molar-refractivity contribution in [1.82, 2.24) is 5.32 Å². The van der Waals surface area contributed by atoms with E-state index in [9.17, 15) is 4.39 Å². The molecule has 2 aliphatic rings. The van der Waals surface area contributed by atoms with Gasteiger partial charge in [-0.15, -0.1) is 0 Å². The summed E-state index contributed by atoms with van der Waals surface area (Å²) in [6, 6.07) is 16.0. The van der Waals surface area contributed by atoms with Gasteiger partial charge in [0.1, 0.15) is 5.82 Å². The molecule has 0 saturated heterocycles. The van der Waals surface area contributed by atoms with Gasteiger partial charge in [0.25, 0.3) is 0 Å². The van der Waals surface area contributed by atoms with Crippen molar-refractivity contribution in [1.29, 1.82) is 0 Å². The topological polar surface area (TPSA) is 12.0 Å². The zero-order valence-electron chi connectivity index (χ0n) is 24.1. The van der Waals surface area contributed by atoms with Crippen LogP contribution in [0.3, 0.4) is 0 Å². The van der Waals surface area contributed by atoms with Gasteiger partial charge in [-0.1, -0.05) is 112 Å². The minimum atomic E-state index is -0.188. The zero-order valence-corrected chi connectivity index (χ0v) is 24.1. The molecule has 0 aromatic heterocycles. The molecule has 2 aromatic carbocycles. The van der Waals surface area contributed by atoms with Crippen molar-refractivity contribution in [2.75, 3.05) is 0 Å². The van der Waals surface area contributed by atoms with Crippen molar-refractivity contribution in [2.24, 2.45) is 5.92 Å². The van der Waals surface area contributed by atoms with Crippen molar-refractivity contribution >= 4 is 5.57 Å². The molecule has 206 valence electrons. The van der Waals surface area contributed by atoms with Crippen molar-refractivity contribution < 1.29 is 4.39 Å². The fourth-order valence-corrected chi connectivity index (χ4v) is 6.26. The van der Waals surface area contributed by atoms with Crippen molar-refractivity contribution in [3.05, 3.63) is 125 Å². The predicted octanol–water partition coefficient (Wildman–Crippen LogP) is 10.8. The largest absolute Gasteiger partial charge is 0.379 e. The van der Waals surface area contributed by atoms with Crippen LogP contribution >= 0.6 is 0 Å². The maximum atomic E-state index is 13.7. The summed E-state index contributed by atoms with van der Waals surface area (Å²) in [6.07, 6.45) is 20.3. The first kappa shape index (κ1) is 28.9. The minimum Gasteiger partial charge on any atom is -0.379 e. The van der Waals surface area contributed by atoms with E-state index in [0.717, 1.165) is 42.0 Å². The summed E-state index contributed by atoms with van der Waals surface area (Å²) in [5, 5.41) is 3.63. The van der Waals surface area contributed by atoms with Crippen LogP contribution < -0.4 is 5.32 Å². The first-order valence-electron chi connectivity index (χ1n) is 15.0. The van der Waals surface area contributed by atoms with Gasteiger partial charge < -0.3 is 5.32 Å². The highest BCUT2D eigenvalue weighted by Gasteiger charge is 2.17. The summed E-state index contributed by atoms with van der Waals surface area (Å²) in [5.74, 6) is 0.593. The molecular weight excluding hydrogens is 477 g/mol. The third kappa shape index (κ3) is 7.94. The van der Waals surface area contributed by atoms with E-state index in [4.69, 9.17) is 0 Å². The van der Waals surface area contributed by atoms with Gasteiger partial charge in [-0.3, -0.25) is 0 Å². The minimum absolute atomic E-state index is 0.122. The Morgan fingerprint density at radius 1 is 0.923 bits per heavy atom. The van der Waals surface area contributed by atoms with Crippen LogP contribution in [0.4, 0.5) is 4.39 Å². The average molecular weight is 524 g/mol. The average Bonchev–Trinajstić information content (AvgIpc) is 2.97. The van der Waals surface area contributed by atoms with Gasteiger partial charge in [0.2, 0.25) is 0 Å². The molecule has 0 radical (unpaired) electrons. The van der Waals surface area contributed by atoms with E-state index >= 15 is 0 Å². The molecule has 2 fully saturated rings. The zero-order chi connectivity index (χ0) is 27.6. The Morgan fingerprint density at radius 3 is 2.10 bits per heavy atom. The van der Waals surface area contributed by atoms with Crippen LogP contribution in [-0.2, 0) is 0 Å². The summed E-state index contributed by atoms with van der Waals surface area (Å²) >= 11 is 0. The fraction of sp³-hybridized carbons (Fsp3) is 0.405. The van der Waals surface area contributed by atoms with Gasteiger partial charge >= 0.3 is 0 Å². The number of hydrogen-bond acceptors (Lipinski definition) is 1. The van der Waals surface area contributed by atoms with Crippen LogP contribution in [0, 0.1) is 11.7 Å². The number of allylic oxidation sites excluding steroid dienone is 5. The fourth-order valence-electron chi connectivity index (χ4n) is 6.26. The van der Waals surface area contributed by atoms with Crippen LogP contribution in [-0.4, -0.2) is 0 Å². The summed E-state index contributed by atoms with van der Waals surface area (Å²) < 4.78 is 13.7. The molecule has 2 heteroatoms. The molecule has 1 N–H and O–H groups in total. The first-order chi connectivity index (χ1) is 19.0. The lowest BCUT2D eigenvalue weighted by atomic mass is 9.84. The summed E-state index contributed by atoms with van der Waals surface area (Å²) in [5.41, 5.74) is 9.69. The molecule has 2 saturated carbocycles. The molecule has 1 unspecified atom stereocenters. The number of rotatable bonds is 10. The molecule has 1 atom stereocenters. The quantitative estimate of drug-likeness (QED) is 0.305. The lowest BCUT2D eigenvalue weighted by Crippen LogP contribution is -2.18. The van der Waals surface area contributed by atoms with Gasteiger partial charge in [-0.2, -0.15) is 0 Å². The van der Waals surface area contributed by atoms with Gasteiger partial charge in [-0.25, -0.2) is 4.39 Å². The van der Waals surface area contributed by atoms with Gasteiger partial charge in [0.05, 0.1) is 0 Å². The molecule has 0 aliphatic heterocycles. The van der Waals surface area contributed by atoms with Crippen molar-refractivity contribution in [3.63, 3.8) is 0 Å². The van der Waals surface area contributed by atoms with Gasteiger partial charge in [0, 0.05) is 11.7 Å².